The molecule has 1 amide bonds. The van der Waals surface area contributed by atoms with Crippen LogP contribution < -0.4 is 14.8 Å². The number of aliphatic carboxylic acids is 1. The zero-order valence-electron chi connectivity index (χ0n) is 11.5. The van der Waals surface area contributed by atoms with Gasteiger partial charge in [-0.2, -0.15) is 0 Å². The van der Waals surface area contributed by atoms with Crippen molar-refractivity contribution in [3.05, 3.63) is 23.8 Å². The lowest BCUT2D eigenvalue weighted by Crippen LogP contribution is -2.46. The van der Waals surface area contributed by atoms with Crippen molar-refractivity contribution in [3.63, 3.8) is 0 Å². The maximum atomic E-state index is 12.1. The first-order valence-corrected chi connectivity index (χ1v) is 5.78. The number of nitrogens with one attached hydrogen (secondary N) is 1. The largest absolute Gasteiger partial charge is 0.496 e. The van der Waals surface area contributed by atoms with Crippen LogP contribution in [0.15, 0.2) is 18.2 Å². The number of methoxy groups -OCH3 is 2. The molecule has 0 heterocycles. The number of ether oxygens (including phenoxy) is 2. The molecule has 0 aliphatic rings. The highest BCUT2D eigenvalue weighted by molar-refractivity contribution is 6.00. The van der Waals surface area contributed by atoms with Gasteiger partial charge in [0.15, 0.2) is 5.60 Å². The quantitative estimate of drug-likeness (QED) is 0.692. The van der Waals surface area contributed by atoms with Gasteiger partial charge in [-0.1, -0.05) is 6.07 Å². The summed E-state index contributed by atoms with van der Waals surface area (Å²) in [7, 11) is 2.80. The molecular weight excluding hydrogens is 266 g/mol. The third kappa shape index (κ3) is 3.39. The lowest BCUT2D eigenvalue weighted by atomic mass is 10.1. The zero-order valence-corrected chi connectivity index (χ0v) is 11.5. The standard InChI is InChI=1S/C13H17NO6/c1-13(18,12(16)17)7-14-11(15)10-8(19-2)5-4-6-9(10)20-3/h4-6,18H,7H2,1-3H3,(H,14,15)(H,16,17). The van der Waals surface area contributed by atoms with E-state index in [4.69, 9.17) is 14.6 Å². The van der Waals surface area contributed by atoms with E-state index >= 15 is 0 Å². The number of hydrogen-bond donors (Lipinski definition) is 3. The van der Waals surface area contributed by atoms with Crippen LogP contribution >= 0.6 is 0 Å². The Morgan fingerprint density at radius 3 is 2.15 bits per heavy atom. The van der Waals surface area contributed by atoms with Crippen molar-refractivity contribution in [2.24, 2.45) is 0 Å². The zero-order chi connectivity index (χ0) is 15.3. The van der Waals surface area contributed by atoms with E-state index in [2.05, 4.69) is 5.32 Å². The average Bonchev–Trinajstić information content (AvgIpc) is 2.43. The Morgan fingerprint density at radius 1 is 1.25 bits per heavy atom. The minimum Gasteiger partial charge on any atom is -0.496 e. The molecule has 1 unspecified atom stereocenters. The van der Waals surface area contributed by atoms with Crippen LogP contribution in [-0.4, -0.2) is 48.5 Å². The van der Waals surface area contributed by atoms with Crippen molar-refractivity contribution in [2.45, 2.75) is 12.5 Å². The van der Waals surface area contributed by atoms with Gasteiger partial charge in [-0.25, -0.2) is 4.79 Å². The fourth-order valence-electron chi connectivity index (χ4n) is 1.49. The summed E-state index contributed by atoms with van der Waals surface area (Å²) in [6.07, 6.45) is 0. The molecule has 1 rings (SSSR count). The van der Waals surface area contributed by atoms with Crippen molar-refractivity contribution in [1.82, 2.24) is 5.32 Å². The Morgan fingerprint density at radius 2 is 1.75 bits per heavy atom. The van der Waals surface area contributed by atoms with Gasteiger partial charge < -0.3 is 25.0 Å². The number of benzene rings is 1. The first-order chi connectivity index (χ1) is 9.33. The fraction of sp³-hybridized carbons (Fsp3) is 0.385. The van der Waals surface area contributed by atoms with Crippen LogP contribution in [0.5, 0.6) is 11.5 Å². The van der Waals surface area contributed by atoms with E-state index in [9.17, 15) is 14.7 Å². The van der Waals surface area contributed by atoms with Crippen molar-refractivity contribution >= 4 is 11.9 Å². The van der Waals surface area contributed by atoms with E-state index in [1.165, 1.54) is 14.2 Å². The van der Waals surface area contributed by atoms with Gasteiger partial charge in [-0.05, 0) is 19.1 Å². The molecule has 1 aromatic rings. The molecule has 1 atom stereocenters. The number of carbonyl (C=O) groups excluding carboxylic acids is 1. The van der Waals surface area contributed by atoms with Gasteiger partial charge in [-0.15, -0.1) is 0 Å². The van der Waals surface area contributed by atoms with Crippen LogP contribution in [-0.2, 0) is 4.79 Å². The minimum absolute atomic E-state index is 0.138. The number of amides is 1. The molecular formula is C13H17NO6. The Kier molecular flexibility index (Phi) is 4.93. The fourth-order valence-corrected chi connectivity index (χ4v) is 1.49. The summed E-state index contributed by atoms with van der Waals surface area (Å²) in [6.45, 7) is 0.650. The maximum absolute atomic E-state index is 12.1. The predicted molar refractivity (Wildman–Crippen MR) is 70.1 cm³/mol. The van der Waals surface area contributed by atoms with E-state index in [0.29, 0.717) is 0 Å². The summed E-state index contributed by atoms with van der Waals surface area (Å²) in [4.78, 5) is 22.9. The monoisotopic (exact) mass is 283 g/mol. The normalized spacial score (nSPS) is 13.2. The molecule has 7 heteroatoms. The Hall–Kier alpha value is -2.28. The highest BCUT2D eigenvalue weighted by Crippen LogP contribution is 2.27. The van der Waals surface area contributed by atoms with Gasteiger partial charge in [0.05, 0.1) is 20.8 Å². The number of carboxylic acids is 1. The average molecular weight is 283 g/mol. The van der Waals surface area contributed by atoms with Crippen LogP contribution in [0.25, 0.3) is 0 Å². The SMILES string of the molecule is COc1cccc(OC)c1C(=O)NCC(C)(O)C(=O)O. The van der Waals surface area contributed by atoms with Crippen molar-refractivity contribution in [2.75, 3.05) is 20.8 Å². The van der Waals surface area contributed by atoms with Crippen molar-refractivity contribution in [3.8, 4) is 11.5 Å². The Bertz CT molecular complexity index is 489. The number of rotatable bonds is 6. The Labute approximate surface area is 116 Å². The minimum atomic E-state index is -2.05. The first-order valence-electron chi connectivity index (χ1n) is 5.78. The molecule has 0 aliphatic carbocycles. The van der Waals surface area contributed by atoms with E-state index < -0.39 is 24.0 Å². The summed E-state index contributed by atoms with van der Waals surface area (Å²) in [6, 6.07) is 4.81. The van der Waals surface area contributed by atoms with Crippen LogP contribution in [0.2, 0.25) is 0 Å². The number of carboxylic acid groups (broad SMARTS) is 1. The summed E-state index contributed by atoms with van der Waals surface area (Å²) >= 11 is 0. The van der Waals surface area contributed by atoms with E-state index in [-0.39, 0.29) is 17.1 Å². The second-order valence-electron chi connectivity index (χ2n) is 4.30. The lowest BCUT2D eigenvalue weighted by molar-refractivity contribution is -0.155. The molecule has 0 saturated carbocycles. The Balaban J connectivity index is 2.95. The van der Waals surface area contributed by atoms with Gasteiger partial charge in [0, 0.05) is 0 Å². The second-order valence-corrected chi connectivity index (χ2v) is 4.30. The van der Waals surface area contributed by atoms with Gasteiger partial charge in [0.2, 0.25) is 0 Å². The molecule has 0 fully saturated rings. The van der Waals surface area contributed by atoms with Crippen molar-refractivity contribution in [1.29, 1.82) is 0 Å². The molecule has 7 nitrogen and oxygen atoms in total. The molecule has 0 spiro atoms. The summed E-state index contributed by atoms with van der Waals surface area (Å²) < 4.78 is 10.1. The summed E-state index contributed by atoms with van der Waals surface area (Å²) in [5.41, 5.74) is -1.91. The molecule has 0 aliphatic heterocycles. The third-order valence-corrected chi connectivity index (χ3v) is 2.71. The molecule has 0 bridgehead atoms. The highest BCUT2D eigenvalue weighted by Gasteiger charge is 2.31. The van der Waals surface area contributed by atoms with Crippen LogP contribution in [0, 0.1) is 0 Å². The van der Waals surface area contributed by atoms with E-state index in [1.807, 2.05) is 0 Å². The third-order valence-electron chi connectivity index (χ3n) is 2.71. The van der Waals surface area contributed by atoms with Gasteiger partial charge in [0.1, 0.15) is 17.1 Å². The second kappa shape index (κ2) is 6.25. The molecule has 110 valence electrons. The van der Waals surface area contributed by atoms with Gasteiger partial charge >= 0.3 is 5.97 Å². The molecule has 3 N–H and O–H groups in total. The van der Waals surface area contributed by atoms with E-state index in [0.717, 1.165) is 6.92 Å². The maximum Gasteiger partial charge on any atom is 0.337 e. The first kappa shape index (κ1) is 15.8. The molecule has 1 aromatic carbocycles. The van der Waals surface area contributed by atoms with E-state index in [1.54, 1.807) is 18.2 Å². The van der Waals surface area contributed by atoms with Crippen LogP contribution in [0.4, 0.5) is 0 Å². The molecule has 0 saturated heterocycles. The number of carbonyl (C=O) groups is 2. The van der Waals surface area contributed by atoms with Gasteiger partial charge in [0.25, 0.3) is 5.91 Å². The van der Waals surface area contributed by atoms with Crippen LogP contribution in [0.1, 0.15) is 17.3 Å². The number of hydrogen-bond acceptors (Lipinski definition) is 5. The topological polar surface area (TPSA) is 105 Å². The summed E-state index contributed by atoms with van der Waals surface area (Å²) in [5, 5.41) is 20.7. The summed E-state index contributed by atoms with van der Waals surface area (Å²) in [5.74, 6) is -1.45. The van der Waals surface area contributed by atoms with Gasteiger partial charge in [-0.3, -0.25) is 4.79 Å². The highest BCUT2D eigenvalue weighted by atomic mass is 16.5. The predicted octanol–water partition coefficient (Wildman–Crippen LogP) is 0.269. The lowest BCUT2D eigenvalue weighted by Gasteiger charge is -2.19. The molecule has 0 aromatic heterocycles. The number of aliphatic hydroxyl groups is 1. The van der Waals surface area contributed by atoms with Crippen LogP contribution in [0.3, 0.4) is 0 Å². The molecule has 0 radical (unpaired) electrons. The smallest absolute Gasteiger partial charge is 0.337 e. The molecule has 20 heavy (non-hydrogen) atoms. The van der Waals surface area contributed by atoms with Crippen molar-refractivity contribution < 1.29 is 29.3 Å².